The third kappa shape index (κ3) is 5.88. The number of rotatable bonds is 9. The van der Waals surface area contributed by atoms with Crippen molar-refractivity contribution in [1.29, 1.82) is 0 Å². The second-order valence-corrected chi connectivity index (χ2v) is 10.0. The first-order valence-electron chi connectivity index (χ1n) is 13.2. The van der Waals surface area contributed by atoms with Crippen molar-refractivity contribution in [2.24, 2.45) is 0 Å². The lowest BCUT2D eigenvalue weighted by atomic mass is 9.96. The molecule has 13 heteroatoms. The molecule has 5 atom stereocenters. The van der Waals surface area contributed by atoms with Crippen molar-refractivity contribution >= 4 is 11.7 Å². The summed E-state index contributed by atoms with van der Waals surface area (Å²) in [4.78, 5) is 39.8. The lowest BCUT2D eigenvalue weighted by Crippen LogP contribution is -2.60. The number of ketones is 1. The summed E-state index contributed by atoms with van der Waals surface area (Å²) in [7, 11) is 1.59. The summed E-state index contributed by atoms with van der Waals surface area (Å²) in [5, 5.41) is 48.6. The quantitative estimate of drug-likeness (QED) is 0.247. The Morgan fingerprint density at radius 2 is 1.85 bits per heavy atom. The second-order valence-electron chi connectivity index (χ2n) is 10.0. The van der Waals surface area contributed by atoms with E-state index in [2.05, 4.69) is 10.2 Å². The van der Waals surface area contributed by atoms with Crippen LogP contribution in [-0.2, 0) is 9.53 Å². The SMILES string of the molecule is CCCCN(C)C(=O)c1cc(-c2n[nH]c(=O)n2-c2ccccc2C)c(O)cc1OC1OC(C(C)=O)C(O)C(O)C1O. The Balaban J connectivity index is 1.83. The molecule has 1 aromatic heterocycles. The van der Waals surface area contributed by atoms with Crippen LogP contribution in [0.2, 0.25) is 0 Å². The van der Waals surface area contributed by atoms with Crippen molar-refractivity contribution in [3.8, 4) is 28.6 Å². The number of unbranched alkanes of at least 4 members (excludes halogenated alkanes) is 1. The Morgan fingerprint density at radius 1 is 1.15 bits per heavy atom. The average Bonchev–Trinajstić information content (AvgIpc) is 3.32. The first kappa shape index (κ1) is 29.9. The first-order chi connectivity index (χ1) is 19.5. The third-order valence-corrected chi connectivity index (χ3v) is 7.01. The first-order valence-corrected chi connectivity index (χ1v) is 13.2. The lowest BCUT2D eigenvalue weighted by molar-refractivity contribution is -0.265. The van der Waals surface area contributed by atoms with Crippen LogP contribution in [-0.4, -0.2) is 96.1 Å². The van der Waals surface area contributed by atoms with E-state index in [0.29, 0.717) is 18.7 Å². The monoisotopic (exact) mass is 570 g/mol. The number of benzene rings is 2. The van der Waals surface area contributed by atoms with Crippen LogP contribution in [0.25, 0.3) is 17.1 Å². The summed E-state index contributed by atoms with van der Waals surface area (Å²) in [6.07, 6.45) is -6.90. The minimum atomic E-state index is -1.79. The molecule has 1 aliphatic heterocycles. The van der Waals surface area contributed by atoms with Crippen molar-refractivity contribution in [2.75, 3.05) is 13.6 Å². The van der Waals surface area contributed by atoms with E-state index in [0.717, 1.165) is 25.0 Å². The number of hydrogen-bond donors (Lipinski definition) is 5. The van der Waals surface area contributed by atoms with Gasteiger partial charge in [0.25, 0.3) is 5.91 Å². The number of nitrogens with zero attached hydrogens (tertiary/aromatic N) is 3. The maximum atomic E-state index is 13.6. The minimum absolute atomic E-state index is 0.0303. The molecule has 1 amide bonds. The van der Waals surface area contributed by atoms with Gasteiger partial charge in [0, 0.05) is 19.7 Å². The van der Waals surface area contributed by atoms with E-state index in [4.69, 9.17) is 9.47 Å². The number of ether oxygens (including phenoxy) is 2. The van der Waals surface area contributed by atoms with Gasteiger partial charge in [0.1, 0.15) is 35.9 Å². The van der Waals surface area contributed by atoms with E-state index in [1.165, 1.54) is 15.5 Å². The number of aliphatic hydroxyl groups excluding tert-OH is 3. The minimum Gasteiger partial charge on any atom is -0.507 e. The van der Waals surface area contributed by atoms with E-state index >= 15 is 0 Å². The topological polar surface area (TPSA) is 187 Å². The van der Waals surface area contributed by atoms with Gasteiger partial charge in [-0.25, -0.2) is 14.5 Å². The summed E-state index contributed by atoms with van der Waals surface area (Å²) in [6, 6.07) is 9.49. The van der Waals surface area contributed by atoms with E-state index < -0.39 is 53.8 Å². The van der Waals surface area contributed by atoms with Gasteiger partial charge < -0.3 is 34.8 Å². The number of aromatic nitrogens is 3. The molecule has 3 aromatic rings. The third-order valence-electron chi connectivity index (χ3n) is 7.01. The van der Waals surface area contributed by atoms with Gasteiger partial charge in [-0.1, -0.05) is 31.5 Å². The van der Waals surface area contributed by atoms with Gasteiger partial charge in [-0.15, -0.1) is 0 Å². The van der Waals surface area contributed by atoms with E-state index in [1.807, 2.05) is 26.0 Å². The van der Waals surface area contributed by atoms with Gasteiger partial charge in [0.15, 0.2) is 11.6 Å². The van der Waals surface area contributed by atoms with Crippen LogP contribution < -0.4 is 10.4 Å². The molecule has 0 bridgehead atoms. The molecule has 0 radical (unpaired) electrons. The van der Waals surface area contributed by atoms with Crippen LogP contribution in [0.15, 0.2) is 41.2 Å². The van der Waals surface area contributed by atoms with Gasteiger partial charge >= 0.3 is 5.69 Å². The van der Waals surface area contributed by atoms with Gasteiger partial charge in [-0.05, 0) is 38.0 Å². The number of aryl methyl sites for hydroxylation is 1. The Morgan fingerprint density at radius 3 is 2.51 bits per heavy atom. The highest BCUT2D eigenvalue weighted by molar-refractivity contribution is 5.98. The molecular formula is C28H34N4O9. The van der Waals surface area contributed by atoms with E-state index in [9.17, 15) is 34.8 Å². The molecule has 0 saturated carbocycles. The van der Waals surface area contributed by atoms with Crippen LogP contribution in [0.1, 0.15) is 42.6 Å². The highest BCUT2D eigenvalue weighted by Crippen LogP contribution is 2.37. The zero-order chi connectivity index (χ0) is 30.0. The molecule has 4 rings (SSSR count). The van der Waals surface area contributed by atoms with Gasteiger partial charge in [-0.2, -0.15) is 5.10 Å². The number of amides is 1. The fraction of sp³-hybridized carbons (Fsp3) is 0.429. The molecule has 220 valence electrons. The number of Topliss-reactive ketones (excluding diaryl/α,β-unsaturated/α-hetero) is 1. The number of para-hydroxylation sites is 1. The number of aliphatic hydroxyl groups is 3. The fourth-order valence-corrected chi connectivity index (χ4v) is 4.64. The van der Waals surface area contributed by atoms with Gasteiger partial charge in [0.05, 0.1) is 16.8 Å². The second kappa shape index (κ2) is 12.2. The van der Waals surface area contributed by atoms with Crippen molar-refractivity contribution in [2.45, 2.75) is 64.3 Å². The maximum Gasteiger partial charge on any atom is 0.348 e. The van der Waals surface area contributed by atoms with Crippen molar-refractivity contribution in [1.82, 2.24) is 19.7 Å². The van der Waals surface area contributed by atoms with Crippen molar-refractivity contribution in [3.05, 3.63) is 58.0 Å². The number of aromatic hydroxyl groups is 1. The smallest absolute Gasteiger partial charge is 0.348 e. The zero-order valence-corrected chi connectivity index (χ0v) is 23.1. The van der Waals surface area contributed by atoms with Crippen LogP contribution in [0.3, 0.4) is 0 Å². The molecule has 5 N–H and O–H groups in total. The summed E-state index contributed by atoms with van der Waals surface area (Å²) >= 11 is 0. The molecule has 13 nitrogen and oxygen atoms in total. The number of nitrogens with one attached hydrogen (secondary N) is 1. The van der Waals surface area contributed by atoms with Gasteiger partial charge in [0.2, 0.25) is 6.29 Å². The molecule has 2 heterocycles. The van der Waals surface area contributed by atoms with Crippen LogP contribution >= 0.6 is 0 Å². The molecule has 1 saturated heterocycles. The molecule has 1 fully saturated rings. The predicted octanol–water partition coefficient (Wildman–Crippen LogP) is 0.889. The summed E-state index contributed by atoms with van der Waals surface area (Å²) in [6.45, 7) is 5.33. The molecule has 5 unspecified atom stereocenters. The highest BCUT2D eigenvalue weighted by atomic mass is 16.7. The fourth-order valence-electron chi connectivity index (χ4n) is 4.64. The molecule has 0 aliphatic carbocycles. The van der Waals surface area contributed by atoms with Crippen molar-refractivity contribution < 1.29 is 39.5 Å². The number of phenols is 1. The number of phenolic OH excluding ortho intramolecular Hbond substituents is 1. The molecule has 2 aromatic carbocycles. The lowest BCUT2D eigenvalue weighted by Gasteiger charge is -2.39. The van der Waals surface area contributed by atoms with E-state index in [1.54, 1.807) is 19.2 Å². The van der Waals surface area contributed by atoms with Gasteiger partial charge in [-0.3, -0.25) is 9.59 Å². The number of carbonyl (C=O) groups is 2. The van der Waals surface area contributed by atoms with Crippen molar-refractivity contribution in [3.63, 3.8) is 0 Å². The molecule has 1 aliphatic rings. The summed E-state index contributed by atoms with van der Waals surface area (Å²) in [5.74, 6) is -1.74. The zero-order valence-electron chi connectivity index (χ0n) is 23.1. The largest absolute Gasteiger partial charge is 0.507 e. The average molecular weight is 571 g/mol. The predicted molar refractivity (Wildman–Crippen MR) is 146 cm³/mol. The Labute approximate surface area is 235 Å². The van der Waals surface area contributed by atoms with Crippen LogP contribution in [0.4, 0.5) is 0 Å². The highest BCUT2D eigenvalue weighted by Gasteiger charge is 2.47. The standard InChI is InChI=1S/C28H34N4O9/c1-5-6-11-31(4)26(38)17-12-16(25-29-30-28(39)32(25)18-10-8-7-9-14(18)2)19(34)13-20(17)40-27-23(37)21(35)22(36)24(41-27)15(3)33/h7-10,12-13,21-24,27,34-37H,5-6,11H2,1-4H3,(H,30,39). The number of aromatic amines is 1. The van der Waals surface area contributed by atoms with E-state index in [-0.39, 0.29) is 22.7 Å². The van der Waals surface area contributed by atoms with Crippen LogP contribution in [0.5, 0.6) is 11.5 Å². The normalized spacial score (nSPS) is 22.4. The molecule has 41 heavy (non-hydrogen) atoms. The Hall–Kier alpha value is -4.04. The number of carbonyl (C=O) groups excluding carboxylic acids is 2. The van der Waals surface area contributed by atoms with Crippen LogP contribution in [0, 0.1) is 6.92 Å². The summed E-state index contributed by atoms with van der Waals surface area (Å²) in [5.41, 5.74) is 0.669. The Kier molecular flexibility index (Phi) is 8.92. The molecular weight excluding hydrogens is 536 g/mol. The molecule has 0 spiro atoms. The number of hydrogen-bond acceptors (Lipinski definition) is 10. The maximum absolute atomic E-state index is 13.6. The Bertz CT molecular complexity index is 1480. The summed E-state index contributed by atoms with van der Waals surface area (Å²) < 4.78 is 12.5. The number of H-pyrrole nitrogens is 1.